The van der Waals surface area contributed by atoms with Crippen molar-refractivity contribution in [3.05, 3.63) is 100 Å². The molecule has 0 amide bonds. The summed E-state index contributed by atoms with van der Waals surface area (Å²) in [5, 5.41) is 13.3. The third-order valence-electron chi connectivity index (χ3n) is 5.20. The lowest BCUT2D eigenvalue weighted by Crippen LogP contribution is -2.02. The molecule has 32 heavy (non-hydrogen) atoms. The molecule has 0 N–H and O–H groups in total. The van der Waals surface area contributed by atoms with E-state index in [1.165, 1.54) is 11.8 Å². The number of nitrogens with zero attached hydrogens (tertiary/aromatic N) is 3. The predicted octanol–water partition coefficient (Wildman–Crippen LogP) is 6.34. The summed E-state index contributed by atoms with van der Waals surface area (Å²) in [4.78, 5) is 12.2. The van der Waals surface area contributed by atoms with Crippen LogP contribution in [-0.2, 0) is 12.3 Å². The molecule has 5 aromatic rings. The highest BCUT2D eigenvalue weighted by molar-refractivity contribution is 7.98. The number of fused-ring (bicyclic) bond motifs is 3. The third kappa shape index (κ3) is 3.83. The minimum atomic E-state index is -0.363. The fourth-order valence-corrected chi connectivity index (χ4v) is 4.83. The molecule has 0 aliphatic rings. The van der Waals surface area contributed by atoms with E-state index in [0.717, 1.165) is 38.3 Å². The van der Waals surface area contributed by atoms with E-state index in [1.54, 1.807) is 6.07 Å². The molecule has 0 bridgehead atoms. The highest BCUT2D eigenvalue weighted by atomic mass is 35.5. The average molecular weight is 460 g/mol. The van der Waals surface area contributed by atoms with Crippen molar-refractivity contribution in [2.75, 3.05) is 0 Å². The molecule has 3 aromatic carbocycles. The minimum absolute atomic E-state index is 0.363. The van der Waals surface area contributed by atoms with E-state index in [-0.39, 0.29) is 5.63 Å². The van der Waals surface area contributed by atoms with Gasteiger partial charge >= 0.3 is 5.63 Å². The van der Waals surface area contributed by atoms with Gasteiger partial charge in [-0.25, -0.2) is 4.79 Å². The molecule has 0 aliphatic heterocycles. The van der Waals surface area contributed by atoms with Crippen LogP contribution in [0.4, 0.5) is 0 Å². The van der Waals surface area contributed by atoms with Crippen LogP contribution in [-0.4, -0.2) is 14.8 Å². The molecule has 7 heteroatoms. The van der Waals surface area contributed by atoms with Crippen LogP contribution in [0.3, 0.4) is 0 Å². The Kier molecular flexibility index (Phi) is 5.55. The van der Waals surface area contributed by atoms with Crippen molar-refractivity contribution in [1.29, 1.82) is 0 Å². The van der Waals surface area contributed by atoms with E-state index >= 15 is 0 Å². The Balaban J connectivity index is 1.55. The van der Waals surface area contributed by atoms with Gasteiger partial charge in [-0.3, -0.25) is 4.57 Å². The molecule has 0 fully saturated rings. The fourth-order valence-electron chi connectivity index (χ4n) is 3.78. The third-order valence-corrected chi connectivity index (χ3v) is 6.47. The van der Waals surface area contributed by atoms with Crippen LogP contribution < -0.4 is 5.63 Å². The first-order valence-corrected chi connectivity index (χ1v) is 11.4. The van der Waals surface area contributed by atoms with Gasteiger partial charge in [0.1, 0.15) is 5.58 Å². The number of halogens is 1. The first-order valence-electron chi connectivity index (χ1n) is 10.0. The van der Waals surface area contributed by atoms with Crippen LogP contribution in [0.2, 0.25) is 5.02 Å². The Labute approximate surface area is 193 Å². The minimum Gasteiger partial charge on any atom is -0.423 e. The zero-order valence-electron chi connectivity index (χ0n) is 17.0. The molecule has 0 radical (unpaired) electrons. The van der Waals surface area contributed by atoms with Crippen LogP contribution in [0, 0.1) is 0 Å². The van der Waals surface area contributed by atoms with Crippen LogP contribution in [0.15, 0.2) is 93.8 Å². The highest BCUT2D eigenvalue weighted by Crippen LogP contribution is 2.32. The maximum atomic E-state index is 12.2. The van der Waals surface area contributed by atoms with Crippen molar-refractivity contribution < 1.29 is 4.42 Å². The zero-order chi connectivity index (χ0) is 22.1. The predicted molar refractivity (Wildman–Crippen MR) is 130 cm³/mol. The van der Waals surface area contributed by atoms with Crippen molar-refractivity contribution in [2.45, 2.75) is 17.5 Å². The molecular weight excluding hydrogens is 442 g/mol. The first kappa shape index (κ1) is 20.5. The van der Waals surface area contributed by atoms with Gasteiger partial charge < -0.3 is 4.42 Å². The smallest absolute Gasteiger partial charge is 0.336 e. The lowest BCUT2D eigenvalue weighted by atomic mass is 10.0. The molecule has 0 spiro atoms. The second-order valence-electron chi connectivity index (χ2n) is 7.25. The SMILES string of the molecule is C=CCn1c(SCc2cc(=O)oc3ccc4ccccc4c23)nnc1-c1ccc(Cl)cc1. The average Bonchev–Trinajstić information content (AvgIpc) is 3.20. The van der Waals surface area contributed by atoms with Crippen molar-refractivity contribution in [2.24, 2.45) is 0 Å². The van der Waals surface area contributed by atoms with Gasteiger partial charge in [0.15, 0.2) is 11.0 Å². The number of allylic oxidation sites excluding steroid dienone is 1. The van der Waals surface area contributed by atoms with Crippen LogP contribution >= 0.6 is 23.4 Å². The van der Waals surface area contributed by atoms with E-state index in [1.807, 2.05) is 65.2 Å². The lowest BCUT2D eigenvalue weighted by Gasteiger charge is -2.10. The molecule has 0 unspecified atom stereocenters. The van der Waals surface area contributed by atoms with E-state index in [0.29, 0.717) is 22.9 Å². The molecule has 0 aliphatic carbocycles. The molecule has 0 atom stereocenters. The monoisotopic (exact) mass is 459 g/mol. The van der Waals surface area contributed by atoms with Crippen LogP contribution in [0.1, 0.15) is 5.56 Å². The maximum Gasteiger partial charge on any atom is 0.336 e. The largest absolute Gasteiger partial charge is 0.423 e. The molecule has 0 saturated heterocycles. The molecule has 0 saturated carbocycles. The summed E-state index contributed by atoms with van der Waals surface area (Å²) in [5.41, 5.74) is 2.05. The van der Waals surface area contributed by atoms with E-state index in [4.69, 9.17) is 16.0 Å². The molecule has 158 valence electrons. The van der Waals surface area contributed by atoms with E-state index in [9.17, 15) is 4.79 Å². The summed E-state index contributed by atoms with van der Waals surface area (Å²) >= 11 is 7.55. The molecular formula is C25H18ClN3O2S. The van der Waals surface area contributed by atoms with E-state index < -0.39 is 0 Å². The Hall–Kier alpha value is -3.35. The van der Waals surface area contributed by atoms with E-state index in [2.05, 4.69) is 22.8 Å². The number of rotatable bonds is 6. The zero-order valence-corrected chi connectivity index (χ0v) is 18.6. The number of aromatic nitrogens is 3. The van der Waals surface area contributed by atoms with Gasteiger partial charge in [-0.2, -0.15) is 0 Å². The number of thioether (sulfide) groups is 1. The quantitative estimate of drug-likeness (QED) is 0.128. The van der Waals surface area contributed by atoms with Gasteiger partial charge in [-0.1, -0.05) is 59.8 Å². The first-order chi connectivity index (χ1) is 15.6. The van der Waals surface area contributed by atoms with Gasteiger partial charge in [0.25, 0.3) is 0 Å². The number of hydrogen-bond acceptors (Lipinski definition) is 5. The van der Waals surface area contributed by atoms with Gasteiger partial charge in [0, 0.05) is 34.3 Å². The van der Waals surface area contributed by atoms with Crippen LogP contribution in [0.25, 0.3) is 33.1 Å². The van der Waals surface area contributed by atoms with Crippen molar-refractivity contribution >= 4 is 45.1 Å². The summed E-state index contributed by atoms with van der Waals surface area (Å²) in [6, 6.07) is 21.0. The summed E-state index contributed by atoms with van der Waals surface area (Å²) in [5.74, 6) is 1.29. The Morgan fingerprint density at radius 1 is 1.06 bits per heavy atom. The van der Waals surface area contributed by atoms with Crippen LogP contribution in [0.5, 0.6) is 0 Å². The fraction of sp³-hybridized carbons (Fsp3) is 0.0800. The van der Waals surface area contributed by atoms with Gasteiger partial charge in [0.05, 0.1) is 0 Å². The number of benzene rings is 3. The summed E-state index contributed by atoms with van der Waals surface area (Å²) in [7, 11) is 0. The molecule has 2 heterocycles. The van der Waals surface area contributed by atoms with Crippen molar-refractivity contribution in [3.63, 3.8) is 0 Å². The summed E-state index contributed by atoms with van der Waals surface area (Å²) < 4.78 is 7.48. The summed E-state index contributed by atoms with van der Waals surface area (Å²) in [6.45, 7) is 4.43. The second-order valence-corrected chi connectivity index (χ2v) is 8.63. The lowest BCUT2D eigenvalue weighted by molar-refractivity contribution is 0.560. The number of hydrogen-bond donors (Lipinski definition) is 0. The normalized spacial score (nSPS) is 11.3. The van der Waals surface area contributed by atoms with Crippen molar-refractivity contribution in [1.82, 2.24) is 14.8 Å². The Morgan fingerprint density at radius 3 is 2.69 bits per heavy atom. The molecule has 2 aromatic heterocycles. The van der Waals surface area contributed by atoms with Gasteiger partial charge in [0.2, 0.25) is 0 Å². The second kappa shape index (κ2) is 8.65. The maximum absolute atomic E-state index is 12.2. The Morgan fingerprint density at radius 2 is 1.88 bits per heavy atom. The molecule has 5 nitrogen and oxygen atoms in total. The summed E-state index contributed by atoms with van der Waals surface area (Å²) in [6.07, 6.45) is 1.81. The topological polar surface area (TPSA) is 60.9 Å². The standard InChI is InChI=1S/C25H18ClN3O2S/c1-2-13-29-24(17-7-10-19(26)11-8-17)27-28-25(29)32-15-18-14-22(30)31-21-12-9-16-5-3-4-6-20(16)23(18)21/h2-12,14H,1,13,15H2. The highest BCUT2D eigenvalue weighted by Gasteiger charge is 2.16. The molecule has 5 rings (SSSR count). The van der Waals surface area contributed by atoms with Crippen molar-refractivity contribution in [3.8, 4) is 11.4 Å². The van der Waals surface area contributed by atoms with Gasteiger partial charge in [-0.15, -0.1) is 16.8 Å². The Bertz CT molecular complexity index is 1510. The van der Waals surface area contributed by atoms with Gasteiger partial charge in [-0.05, 0) is 46.7 Å².